The van der Waals surface area contributed by atoms with E-state index in [4.69, 9.17) is 4.74 Å². The average Bonchev–Trinajstić information content (AvgIpc) is 2.17. The molecule has 0 amide bonds. The van der Waals surface area contributed by atoms with Gasteiger partial charge in [0, 0.05) is 19.2 Å². The number of nitrogens with one attached hydrogen (secondary N) is 2. The molecule has 2 N–H and O–H groups in total. The van der Waals surface area contributed by atoms with Gasteiger partial charge in [-0.2, -0.15) is 0 Å². The third-order valence-electron chi connectivity index (χ3n) is 2.48. The summed E-state index contributed by atoms with van der Waals surface area (Å²) in [6, 6.07) is 0.698. The summed E-state index contributed by atoms with van der Waals surface area (Å²) in [6.07, 6.45) is 2.84. The maximum atomic E-state index is 5.45. The molecule has 3 heteroatoms. The van der Waals surface area contributed by atoms with Crippen LogP contribution >= 0.6 is 0 Å². The van der Waals surface area contributed by atoms with Crippen LogP contribution in [0.3, 0.4) is 0 Å². The lowest BCUT2D eigenvalue weighted by atomic mass is 10.1. The minimum absolute atomic E-state index is 0.347. The van der Waals surface area contributed by atoms with Gasteiger partial charge >= 0.3 is 0 Å². The van der Waals surface area contributed by atoms with Crippen LogP contribution in [0.4, 0.5) is 0 Å². The van der Waals surface area contributed by atoms with E-state index in [0.717, 1.165) is 26.2 Å². The Hall–Kier alpha value is -0.120. The van der Waals surface area contributed by atoms with Crippen LogP contribution in [0.15, 0.2) is 0 Å². The molecule has 0 aliphatic carbocycles. The van der Waals surface area contributed by atoms with Crippen molar-refractivity contribution in [2.45, 2.75) is 38.8 Å². The molecule has 1 heterocycles. The van der Waals surface area contributed by atoms with E-state index in [2.05, 4.69) is 17.6 Å². The second-order valence-electron chi connectivity index (χ2n) is 3.70. The number of rotatable bonds is 5. The number of hydrogen-bond acceptors (Lipinski definition) is 3. The van der Waals surface area contributed by atoms with Crippen molar-refractivity contribution >= 4 is 0 Å². The summed E-state index contributed by atoms with van der Waals surface area (Å²) >= 11 is 0. The van der Waals surface area contributed by atoms with Gasteiger partial charge in [0.05, 0.1) is 6.10 Å². The zero-order valence-electron chi connectivity index (χ0n) is 8.81. The van der Waals surface area contributed by atoms with E-state index in [1.165, 1.54) is 12.8 Å². The predicted octanol–water partition coefficient (Wildman–Crippen LogP) is 0.753. The lowest BCUT2D eigenvalue weighted by Crippen LogP contribution is -2.42. The summed E-state index contributed by atoms with van der Waals surface area (Å²) in [6.45, 7) is 8.27. The first-order valence-corrected chi connectivity index (χ1v) is 5.38. The summed E-state index contributed by atoms with van der Waals surface area (Å²) in [5.41, 5.74) is 0. The van der Waals surface area contributed by atoms with Crippen LogP contribution in [0.2, 0.25) is 0 Å². The lowest BCUT2D eigenvalue weighted by molar-refractivity contribution is 0.0730. The Morgan fingerprint density at radius 2 is 2.15 bits per heavy atom. The third kappa shape index (κ3) is 4.60. The van der Waals surface area contributed by atoms with Crippen molar-refractivity contribution in [2.75, 3.05) is 26.2 Å². The molecule has 1 rings (SSSR count). The van der Waals surface area contributed by atoms with Crippen molar-refractivity contribution in [3.63, 3.8) is 0 Å². The molecule has 0 aromatic carbocycles. The van der Waals surface area contributed by atoms with Gasteiger partial charge in [0.15, 0.2) is 0 Å². The van der Waals surface area contributed by atoms with E-state index in [-0.39, 0.29) is 0 Å². The molecule has 0 aromatic heterocycles. The average molecular weight is 186 g/mol. The van der Waals surface area contributed by atoms with Crippen molar-refractivity contribution in [1.29, 1.82) is 0 Å². The van der Waals surface area contributed by atoms with Gasteiger partial charge in [-0.05, 0) is 39.8 Å². The van der Waals surface area contributed by atoms with Crippen LogP contribution in [-0.2, 0) is 4.74 Å². The molecule has 0 spiro atoms. The van der Waals surface area contributed by atoms with Crippen LogP contribution in [0.1, 0.15) is 26.7 Å². The number of ether oxygens (including phenoxy) is 1. The van der Waals surface area contributed by atoms with Crippen molar-refractivity contribution in [2.24, 2.45) is 0 Å². The Bertz CT molecular complexity index is 124. The van der Waals surface area contributed by atoms with Crippen LogP contribution in [0.25, 0.3) is 0 Å². The highest BCUT2D eigenvalue weighted by molar-refractivity contribution is 4.74. The largest absolute Gasteiger partial charge is 0.377 e. The van der Waals surface area contributed by atoms with Crippen LogP contribution in [0.5, 0.6) is 0 Å². The lowest BCUT2D eigenvalue weighted by Gasteiger charge is -2.25. The van der Waals surface area contributed by atoms with Gasteiger partial charge < -0.3 is 15.4 Å². The normalized spacial score (nSPS) is 21.7. The highest BCUT2D eigenvalue weighted by atomic mass is 16.5. The summed E-state index contributed by atoms with van der Waals surface area (Å²) in [5.74, 6) is 0. The molecule has 1 fully saturated rings. The van der Waals surface area contributed by atoms with Gasteiger partial charge in [-0.3, -0.25) is 0 Å². The summed E-state index contributed by atoms with van der Waals surface area (Å²) in [4.78, 5) is 0. The van der Waals surface area contributed by atoms with E-state index in [1.54, 1.807) is 0 Å². The van der Waals surface area contributed by atoms with Gasteiger partial charge in [0.2, 0.25) is 0 Å². The fourth-order valence-electron chi connectivity index (χ4n) is 1.70. The second-order valence-corrected chi connectivity index (χ2v) is 3.70. The first kappa shape index (κ1) is 11.0. The van der Waals surface area contributed by atoms with Crippen molar-refractivity contribution in [1.82, 2.24) is 10.6 Å². The monoisotopic (exact) mass is 186 g/mol. The molecule has 0 radical (unpaired) electrons. The molecule has 1 unspecified atom stereocenters. The standard InChI is InChI=1S/C10H22N2O/c1-3-13-9(2)8-12-10-4-6-11-7-5-10/h9-12H,3-8H2,1-2H3. The van der Waals surface area contributed by atoms with Crippen LogP contribution in [0, 0.1) is 0 Å². The van der Waals surface area contributed by atoms with Crippen molar-refractivity contribution in [3.05, 3.63) is 0 Å². The molecule has 78 valence electrons. The topological polar surface area (TPSA) is 33.3 Å². The third-order valence-corrected chi connectivity index (χ3v) is 2.48. The van der Waals surface area contributed by atoms with Gasteiger partial charge in [0.25, 0.3) is 0 Å². The molecule has 0 bridgehead atoms. The molecule has 0 aromatic rings. The van der Waals surface area contributed by atoms with E-state index in [9.17, 15) is 0 Å². The predicted molar refractivity (Wildman–Crippen MR) is 55.0 cm³/mol. The molecule has 13 heavy (non-hydrogen) atoms. The van der Waals surface area contributed by atoms with Crippen molar-refractivity contribution < 1.29 is 4.74 Å². The van der Waals surface area contributed by atoms with E-state index < -0.39 is 0 Å². The zero-order valence-corrected chi connectivity index (χ0v) is 8.81. The van der Waals surface area contributed by atoms with Crippen LogP contribution in [-0.4, -0.2) is 38.4 Å². The fraction of sp³-hybridized carbons (Fsp3) is 1.00. The van der Waals surface area contributed by atoms with Gasteiger partial charge in [-0.1, -0.05) is 0 Å². The van der Waals surface area contributed by atoms with E-state index in [1.807, 2.05) is 6.92 Å². The number of piperidine rings is 1. The Morgan fingerprint density at radius 1 is 1.46 bits per heavy atom. The summed E-state index contributed by atoms with van der Waals surface area (Å²) < 4.78 is 5.45. The Kier molecular flexibility index (Phi) is 5.35. The molecular formula is C10H22N2O. The van der Waals surface area contributed by atoms with Gasteiger partial charge in [-0.15, -0.1) is 0 Å². The summed E-state index contributed by atoms with van der Waals surface area (Å²) in [5, 5.41) is 6.90. The molecule has 1 aliphatic rings. The van der Waals surface area contributed by atoms with Crippen LogP contribution < -0.4 is 10.6 Å². The Balaban J connectivity index is 2.03. The van der Waals surface area contributed by atoms with Gasteiger partial charge in [-0.25, -0.2) is 0 Å². The van der Waals surface area contributed by atoms with Gasteiger partial charge in [0.1, 0.15) is 0 Å². The maximum absolute atomic E-state index is 5.45. The minimum Gasteiger partial charge on any atom is -0.377 e. The molecule has 1 atom stereocenters. The first-order valence-electron chi connectivity index (χ1n) is 5.38. The van der Waals surface area contributed by atoms with E-state index in [0.29, 0.717) is 12.1 Å². The quantitative estimate of drug-likeness (QED) is 0.665. The first-order chi connectivity index (χ1) is 6.33. The Labute approximate surface area is 81.2 Å². The molecule has 3 nitrogen and oxygen atoms in total. The minimum atomic E-state index is 0.347. The SMILES string of the molecule is CCOC(C)CNC1CCNCC1. The summed E-state index contributed by atoms with van der Waals surface area (Å²) in [7, 11) is 0. The molecule has 1 aliphatic heterocycles. The zero-order chi connectivity index (χ0) is 9.52. The smallest absolute Gasteiger partial charge is 0.0671 e. The Morgan fingerprint density at radius 3 is 2.77 bits per heavy atom. The van der Waals surface area contributed by atoms with E-state index >= 15 is 0 Å². The van der Waals surface area contributed by atoms with Crippen molar-refractivity contribution in [3.8, 4) is 0 Å². The highest BCUT2D eigenvalue weighted by Crippen LogP contribution is 2.02. The fourth-order valence-corrected chi connectivity index (χ4v) is 1.70. The number of hydrogen-bond donors (Lipinski definition) is 2. The maximum Gasteiger partial charge on any atom is 0.0671 e. The second kappa shape index (κ2) is 6.35. The molecular weight excluding hydrogens is 164 g/mol. The molecule has 1 saturated heterocycles. The highest BCUT2D eigenvalue weighted by Gasteiger charge is 2.12. The molecule has 0 saturated carbocycles.